The van der Waals surface area contributed by atoms with Crippen LogP contribution < -0.4 is 4.74 Å². The number of methoxy groups -OCH3 is 1. The topological polar surface area (TPSA) is 15.7 Å². The van der Waals surface area contributed by atoms with Gasteiger partial charge in [0.2, 0.25) is 0 Å². The van der Waals surface area contributed by atoms with Gasteiger partial charge < -0.3 is 9.64 Å². The van der Waals surface area contributed by atoms with Crippen LogP contribution in [-0.4, -0.2) is 49.6 Å². The first kappa shape index (κ1) is 26.3. The summed E-state index contributed by atoms with van der Waals surface area (Å²) in [5.74, 6) is 0.483. The quantitative estimate of drug-likeness (QED) is 0.444. The minimum absolute atomic E-state index is 0.0842. The number of hydrogen-bond donors (Lipinski definition) is 0. The van der Waals surface area contributed by atoms with Gasteiger partial charge >= 0.3 is 12.4 Å². The number of hydrogen-bond acceptors (Lipinski definition) is 3. The molecule has 1 radical (unpaired) electrons. The van der Waals surface area contributed by atoms with Crippen molar-refractivity contribution < 1.29 is 31.1 Å². The van der Waals surface area contributed by atoms with Crippen LogP contribution in [-0.2, 0) is 24.3 Å². The van der Waals surface area contributed by atoms with Crippen LogP contribution in [0.5, 0.6) is 5.75 Å². The minimum Gasteiger partial charge on any atom is -0.496 e. The smallest absolute Gasteiger partial charge is 0.416 e. The second-order valence-electron chi connectivity index (χ2n) is 8.65. The first-order chi connectivity index (χ1) is 15.9. The fourth-order valence-corrected chi connectivity index (χ4v) is 4.58. The highest BCUT2D eigenvalue weighted by atomic mass is 19.4. The summed E-state index contributed by atoms with van der Waals surface area (Å²) >= 11 is 0. The highest BCUT2D eigenvalue weighted by molar-refractivity contribution is 5.43. The average Bonchev–Trinajstić information content (AvgIpc) is 2.78. The molecule has 1 aliphatic rings. The summed E-state index contributed by atoms with van der Waals surface area (Å²) in [5, 5.41) is 0. The molecule has 1 fully saturated rings. The Labute approximate surface area is 196 Å². The maximum absolute atomic E-state index is 13.5. The van der Waals surface area contributed by atoms with E-state index >= 15 is 0 Å². The Morgan fingerprint density at radius 1 is 0.882 bits per heavy atom. The molecular formula is C25H29F6N2O. The van der Waals surface area contributed by atoms with Gasteiger partial charge in [0.25, 0.3) is 0 Å². The molecule has 2 aromatic rings. The van der Waals surface area contributed by atoms with E-state index in [1.54, 1.807) is 24.3 Å². The Hall–Kier alpha value is -2.26. The Morgan fingerprint density at radius 2 is 1.44 bits per heavy atom. The highest BCUT2D eigenvalue weighted by Crippen LogP contribution is 2.41. The molecular weight excluding hydrogens is 458 g/mol. The van der Waals surface area contributed by atoms with Crippen LogP contribution in [0.3, 0.4) is 0 Å². The van der Waals surface area contributed by atoms with Crippen LogP contribution >= 0.6 is 0 Å². The monoisotopic (exact) mass is 487 g/mol. The van der Waals surface area contributed by atoms with Gasteiger partial charge in [-0.25, -0.2) is 0 Å². The lowest BCUT2D eigenvalue weighted by Crippen LogP contribution is -2.55. The molecule has 1 saturated heterocycles. The Balaban J connectivity index is 2.08. The fourth-order valence-electron chi connectivity index (χ4n) is 4.58. The van der Waals surface area contributed by atoms with Crippen LogP contribution in [0.15, 0.2) is 42.5 Å². The van der Waals surface area contributed by atoms with Gasteiger partial charge in [-0.05, 0) is 56.1 Å². The van der Waals surface area contributed by atoms with E-state index in [0.29, 0.717) is 24.4 Å². The fraction of sp³-hybridized carbons (Fsp3) is 0.480. The standard InChI is InChI=1S/C25H29F6N2O/c1-4-9-32-10-12-33(13-11-32)23(2,21-7-5-6-8-22(21)34-3)17-18-14-19(24(26,27)28)16-20(15-18)25(29,30)31/h5-8,14-16H,2,4,9-13,17H2,1,3H3. The summed E-state index contributed by atoms with van der Waals surface area (Å²) in [4.78, 5) is 4.32. The molecule has 187 valence electrons. The predicted molar refractivity (Wildman–Crippen MR) is 118 cm³/mol. The summed E-state index contributed by atoms with van der Waals surface area (Å²) in [6.45, 7) is 10.0. The van der Waals surface area contributed by atoms with Crippen molar-refractivity contribution in [2.24, 2.45) is 0 Å². The molecule has 3 nitrogen and oxygen atoms in total. The molecule has 2 aromatic carbocycles. The molecule has 1 atom stereocenters. The third kappa shape index (κ3) is 5.86. The lowest BCUT2D eigenvalue weighted by atomic mass is 9.82. The SMILES string of the molecule is [CH2]C(Cc1cc(C(F)(F)F)cc(C(F)(F)F)c1)(c1ccccc1OC)N1CCN(CCC)CC1. The van der Waals surface area contributed by atoms with Crippen molar-refractivity contribution in [2.75, 3.05) is 39.8 Å². The van der Waals surface area contributed by atoms with Crippen LogP contribution in [0.2, 0.25) is 0 Å². The molecule has 0 N–H and O–H groups in total. The van der Waals surface area contributed by atoms with Gasteiger partial charge in [0, 0.05) is 31.7 Å². The second kappa shape index (κ2) is 10.2. The summed E-state index contributed by atoms with van der Waals surface area (Å²) in [7, 11) is 1.48. The van der Waals surface area contributed by atoms with Gasteiger partial charge in [0.1, 0.15) is 5.75 Å². The summed E-state index contributed by atoms with van der Waals surface area (Å²) < 4.78 is 86.3. The summed E-state index contributed by atoms with van der Waals surface area (Å²) in [6, 6.07) is 8.74. The number of rotatable bonds is 7. The van der Waals surface area contributed by atoms with E-state index in [4.69, 9.17) is 4.74 Å². The molecule has 3 rings (SSSR count). The number of piperazine rings is 1. The first-order valence-electron chi connectivity index (χ1n) is 11.1. The average molecular weight is 488 g/mol. The van der Waals surface area contributed by atoms with Crippen molar-refractivity contribution in [1.29, 1.82) is 0 Å². The van der Waals surface area contributed by atoms with Crippen molar-refractivity contribution in [3.63, 3.8) is 0 Å². The van der Waals surface area contributed by atoms with Gasteiger partial charge in [0.05, 0.1) is 23.8 Å². The first-order valence-corrected chi connectivity index (χ1v) is 11.1. The predicted octanol–water partition coefficient (Wildman–Crippen LogP) is 6.03. The zero-order valence-corrected chi connectivity index (χ0v) is 19.3. The molecule has 0 amide bonds. The zero-order valence-electron chi connectivity index (χ0n) is 19.3. The second-order valence-corrected chi connectivity index (χ2v) is 8.65. The molecule has 0 saturated carbocycles. The number of ether oxygens (including phenoxy) is 1. The third-order valence-electron chi connectivity index (χ3n) is 6.27. The van der Waals surface area contributed by atoms with E-state index in [0.717, 1.165) is 38.2 Å². The molecule has 1 aliphatic heterocycles. The van der Waals surface area contributed by atoms with Crippen molar-refractivity contribution in [3.8, 4) is 5.75 Å². The molecule has 1 heterocycles. The number of alkyl halides is 6. The summed E-state index contributed by atoms with van der Waals surface area (Å²) in [6.07, 6.45) is -8.97. The lowest BCUT2D eigenvalue weighted by Gasteiger charge is -2.47. The van der Waals surface area contributed by atoms with Crippen molar-refractivity contribution >= 4 is 0 Å². The Bertz CT molecular complexity index is 934. The molecule has 0 aromatic heterocycles. The van der Waals surface area contributed by atoms with Gasteiger partial charge in [-0.15, -0.1) is 0 Å². The Kier molecular flexibility index (Phi) is 7.87. The zero-order chi connectivity index (χ0) is 25.1. The highest BCUT2D eigenvalue weighted by Gasteiger charge is 2.41. The lowest BCUT2D eigenvalue weighted by molar-refractivity contribution is -0.143. The van der Waals surface area contributed by atoms with E-state index in [1.165, 1.54) is 7.11 Å². The van der Waals surface area contributed by atoms with E-state index in [9.17, 15) is 26.3 Å². The van der Waals surface area contributed by atoms with Crippen LogP contribution in [0.1, 0.15) is 35.6 Å². The molecule has 0 bridgehead atoms. The third-order valence-corrected chi connectivity index (χ3v) is 6.27. The van der Waals surface area contributed by atoms with Crippen molar-refractivity contribution in [1.82, 2.24) is 9.80 Å². The van der Waals surface area contributed by atoms with E-state index in [2.05, 4.69) is 18.7 Å². The van der Waals surface area contributed by atoms with Crippen molar-refractivity contribution in [2.45, 2.75) is 37.7 Å². The minimum atomic E-state index is -4.91. The Morgan fingerprint density at radius 3 is 1.94 bits per heavy atom. The molecule has 0 spiro atoms. The van der Waals surface area contributed by atoms with Crippen LogP contribution in [0, 0.1) is 6.92 Å². The van der Waals surface area contributed by atoms with Gasteiger partial charge in [-0.1, -0.05) is 25.1 Å². The maximum Gasteiger partial charge on any atom is 0.416 e. The van der Waals surface area contributed by atoms with Gasteiger partial charge in [-0.3, -0.25) is 4.90 Å². The van der Waals surface area contributed by atoms with Crippen LogP contribution in [0.25, 0.3) is 0 Å². The van der Waals surface area contributed by atoms with Gasteiger partial charge in [-0.2, -0.15) is 26.3 Å². The van der Waals surface area contributed by atoms with Gasteiger partial charge in [0.15, 0.2) is 0 Å². The number of para-hydroxylation sites is 1. The van der Waals surface area contributed by atoms with Crippen molar-refractivity contribution in [3.05, 3.63) is 71.6 Å². The number of halogens is 6. The van der Waals surface area contributed by atoms with Crippen LogP contribution in [0.4, 0.5) is 26.3 Å². The maximum atomic E-state index is 13.5. The van der Waals surface area contributed by atoms with E-state index in [-0.39, 0.29) is 18.1 Å². The number of benzene rings is 2. The molecule has 9 heteroatoms. The van der Waals surface area contributed by atoms with E-state index in [1.807, 2.05) is 4.90 Å². The summed E-state index contributed by atoms with van der Waals surface area (Å²) in [5.41, 5.74) is -3.25. The number of nitrogens with zero attached hydrogens (tertiary/aromatic N) is 2. The molecule has 0 aliphatic carbocycles. The van der Waals surface area contributed by atoms with E-state index < -0.39 is 29.0 Å². The largest absolute Gasteiger partial charge is 0.496 e. The normalized spacial score (nSPS) is 18.0. The molecule has 34 heavy (non-hydrogen) atoms. The molecule has 1 unspecified atom stereocenters.